The van der Waals surface area contributed by atoms with Gasteiger partial charge in [0.05, 0.1) is 28.6 Å². The minimum absolute atomic E-state index is 0.0424. The fourth-order valence-electron chi connectivity index (χ4n) is 4.29. The van der Waals surface area contributed by atoms with E-state index in [0.717, 1.165) is 11.4 Å². The lowest BCUT2D eigenvalue weighted by molar-refractivity contribution is -0.122. The number of aromatic nitrogens is 2. The maximum atomic E-state index is 12.5. The van der Waals surface area contributed by atoms with Crippen LogP contribution in [0.25, 0.3) is 10.9 Å². The lowest BCUT2D eigenvalue weighted by atomic mass is 10.1. The molecule has 3 heterocycles. The molecule has 2 aromatic carbocycles. The van der Waals surface area contributed by atoms with E-state index >= 15 is 0 Å². The third kappa shape index (κ3) is 3.20. The number of carbonyl (C=O) groups is 2. The third-order valence-electron chi connectivity index (χ3n) is 5.75. The summed E-state index contributed by atoms with van der Waals surface area (Å²) < 4.78 is 1.46. The van der Waals surface area contributed by atoms with Crippen molar-refractivity contribution in [2.24, 2.45) is 0 Å². The lowest BCUT2D eigenvalue weighted by Gasteiger charge is -2.32. The second-order valence-corrected chi connectivity index (χ2v) is 7.68. The topological polar surface area (TPSA) is 96.3 Å². The molecule has 152 valence electrons. The minimum atomic E-state index is -0.280. The third-order valence-corrected chi connectivity index (χ3v) is 5.75. The molecule has 1 aromatic heterocycles. The average Bonchev–Trinajstić information content (AvgIpc) is 3.18. The molecule has 1 fully saturated rings. The lowest BCUT2D eigenvalue weighted by Crippen LogP contribution is -2.44. The summed E-state index contributed by atoms with van der Waals surface area (Å²) in [5.41, 5.74) is 2.27. The molecule has 2 aliphatic rings. The monoisotopic (exact) mass is 403 g/mol. The summed E-state index contributed by atoms with van der Waals surface area (Å²) in [6.45, 7) is 0.837. The molecule has 0 saturated carbocycles. The van der Waals surface area contributed by atoms with Crippen molar-refractivity contribution in [2.45, 2.75) is 31.5 Å². The number of para-hydroxylation sites is 3. The van der Waals surface area contributed by atoms with E-state index in [0.29, 0.717) is 23.9 Å². The Bertz CT molecular complexity index is 1200. The predicted octanol–water partition coefficient (Wildman–Crippen LogP) is 1.50. The number of hydrogen-bond acceptors (Lipinski definition) is 5. The second kappa shape index (κ2) is 7.29. The summed E-state index contributed by atoms with van der Waals surface area (Å²) in [7, 11) is 0. The van der Waals surface area contributed by atoms with Crippen LogP contribution in [0.5, 0.6) is 0 Å². The standard InChI is InChI=1S/C22H21N5O3/c28-20(9-10-26-13-23-16-6-2-1-5-15(16)22(26)30)24-14-11-19-21(29)25-17-7-3-4-8-18(17)27(19)12-14/h1-8,13-14,19H,9-12H2,(H,24,28)(H,25,29). The van der Waals surface area contributed by atoms with E-state index < -0.39 is 0 Å². The highest BCUT2D eigenvalue weighted by molar-refractivity contribution is 6.04. The van der Waals surface area contributed by atoms with Crippen LogP contribution in [-0.2, 0) is 16.1 Å². The van der Waals surface area contributed by atoms with Crippen LogP contribution in [0.15, 0.2) is 59.7 Å². The molecule has 2 atom stereocenters. The highest BCUT2D eigenvalue weighted by atomic mass is 16.2. The van der Waals surface area contributed by atoms with E-state index in [2.05, 4.69) is 20.5 Å². The van der Waals surface area contributed by atoms with Crippen LogP contribution in [0.4, 0.5) is 11.4 Å². The maximum Gasteiger partial charge on any atom is 0.261 e. The molecule has 1 saturated heterocycles. The van der Waals surface area contributed by atoms with E-state index in [4.69, 9.17) is 0 Å². The van der Waals surface area contributed by atoms with Crippen molar-refractivity contribution in [2.75, 3.05) is 16.8 Å². The molecule has 2 aliphatic heterocycles. The number of nitrogens with zero attached hydrogens (tertiary/aromatic N) is 3. The number of hydrogen-bond donors (Lipinski definition) is 2. The first-order chi connectivity index (χ1) is 14.6. The second-order valence-electron chi connectivity index (χ2n) is 7.68. The summed E-state index contributed by atoms with van der Waals surface area (Å²) in [5.74, 6) is -0.187. The van der Waals surface area contributed by atoms with Crippen LogP contribution in [-0.4, -0.2) is 40.0 Å². The quantitative estimate of drug-likeness (QED) is 0.688. The molecule has 5 rings (SSSR count). The van der Waals surface area contributed by atoms with E-state index in [1.807, 2.05) is 30.3 Å². The van der Waals surface area contributed by atoms with E-state index in [1.54, 1.807) is 18.2 Å². The summed E-state index contributed by atoms with van der Waals surface area (Å²) in [6, 6.07) is 14.4. The first-order valence-electron chi connectivity index (χ1n) is 10.0. The van der Waals surface area contributed by atoms with E-state index in [9.17, 15) is 14.4 Å². The predicted molar refractivity (Wildman–Crippen MR) is 113 cm³/mol. The molecule has 2 unspecified atom stereocenters. The number of carbonyl (C=O) groups excluding carboxylic acids is 2. The summed E-state index contributed by atoms with van der Waals surface area (Å²) in [4.78, 5) is 43.8. The van der Waals surface area contributed by atoms with Gasteiger partial charge in [0.2, 0.25) is 11.8 Å². The Labute approximate surface area is 172 Å². The molecule has 2 amide bonds. The van der Waals surface area contributed by atoms with Crippen LogP contribution in [0, 0.1) is 0 Å². The molecule has 0 spiro atoms. The van der Waals surface area contributed by atoms with E-state index in [1.165, 1.54) is 10.9 Å². The van der Waals surface area contributed by atoms with Crippen molar-refractivity contribution < 1.29 is 9.59 Å². The highest BCUT2D eigenvalue weighted by Crippen LogP contribution is 2.36. The van der Waals surface area contributed by atoms with Crippen LogP contribution < -0.4 is 21.1 Å². The van der Waals surface area contributed by atoms with Gasteiger partial charge in [-0.15, -0.1) is 0 Å². The Hall–Kier alpha value is -3.68. The molecule has 0 radical (unpaired) electrons. The number of fused-ring (bicyclic) bond motifs is 4. The molecular formula is C22H21N5O3. The number of amides is 2. The van der Waals surface area contributed by atoms with Gasteiger partial charge in [-0.1, -0.05) is 24.3 Å². The Morgan fingerprint density at radius 1 is 1.13 bits per heavy atom. The van der Waals surface area contributed by atoms with Crippen LogP contribution >= 0.6 is 0 Å². The number of anilines is 2. The number of nitrogens with one attached hydrogen (secondary N) is 2. The van der Waals surface area contributed by atoms with Crippen molar-refractivity contribution in [3.63, 3.8) is 0 Å². The average molecular weight is 403 g/mol. The summed E-state index contributed by atoms with van der Waals surface area (Å²) in [6.07, 6.45) is 2.21. The molecule has 0 aliphatic carbocycles. The zero-order valence-electron chi connectivity index (χ0n) is 16.2. The molecule has 2 N–H and O–H groups in total. The van der Waals surface area contributed by atoms with Crippen molar-refractivity contribution in [3.8, 4) is 0 Å². The van der Waals surface area contributed by atoms with Crippen molar-refractivity contribution in [1.29, 1.82) is 0 Å². The molecular weight excluding hydrogens is 382 g/mol. The smallest absolute Gasteiger partial charge is 0.261 e. The zero-order valence-corrected chi connectivity index (χ0v) is 16.2. The SMILES string of the molecule is O=C(CCn1cnc2ccccc2c1=O)NC1CC2C(=O)Nc3ccccc3N2C1. The van der Waals surface area contributed by atoms with Gasteiger partial charge in [-0.25, -0.2) is 4.98 Å². The molecule has 30 heavy (non-hydrogen) atoms. The Balaban J connectivity index is 1.24. The van der Waals surface area contributed by atoms with Gasteiger partial charge < -0.3 is 15.5 Å². The van der Waals surface area contributed by atoms with Gasteiger partial charge in [-0.3, -0.25) is 19.0 Å². The Morgan fingerprint density at radius 3 is 2.83 bits per heavy atom. The van der Waals surface area contributed by atoms with Gasteiger partial charge in [0.15, 0.2) is 0 Å². The minimum Gasteiger partial charge on any atom is -0.356 e. The largest absolute Gasteiger partial charge is 0.356 e. The first kappa shape index (κ1) is 18.4. The fraction of sp³-hybridized carbons (Fsp3) is 0.273. The van der Waals surface area contributed by atoms with Crippen molar-refractivity contribution in [1.82, 2.24) is 14.9 Å². The Kier molecular flexibility index (Phi) is 4.46. The van der Waals surface area contributed by atoms with Crippen LogP contribution in [0.2, 0.25) is 0 Å². The number of aryl methyl sites for hydroxylation is 1. The van der Waals surface area contributed by atoms with Crippen molar-refractivity contribution >= 4 is 34.1 Å². The Morgan fingerprint density at radius 2 is 1.93 bits per heavy atom. The normalized spacial score (nSPS) is 19.9. The van der Waals surface area contributed by atoms with Gasteiger partial charge in [0, 0.05) is 25.6 Å². The van der Waals surface area contributed by atoms with Crippen molar-refractivity contribution in [3.05, 3.63) is 65.2 Å². The van der Waals surface area contributed by atoms with Gasteiger partial charge >= 0.3 is 0 Å². The van der Waals surface area contributed by atoms with E-state index in [-0.39, 0.29) is 42.4 Å². The zero-order chi connectivity index (χ0) is 20.7. The fourth-order valence-corrected chi connectivity index (χ4v) is 4.29. The van der Waals surface area contributed by atoms with Gasteiger partial charge in [-0.2, -0.15) is 0 Å². The highest BCUT2D eigenvalue weighted by Gasteiger charge is 2.41. The summed E-state index contributed by atoms with van der Waals surface area (Å²) in [5, 5.41) is 6.49. The number of rotatable bonds is 4. The number of benzene rings is 2. The molecule has 0 bridgehead atoms. The molecule has 8 nitrogen and oxygen atoms in total. The van der Waals surface area contributed by atoms with Gasteiger partial charge in [0.25, 0.3) is 5.56 Å². The van der Waals surface area contributed by atoms with Crippen LogP contribution in [0.1, 0.15) is 12.8 Å². The maximum absolute atomic E-state index is 12.5. The van der Waals surface area contributed by atoms with Gasteiger partial charge in [-0.05, 0) is 30.7 Å². The molecule has 8 heteroatoms. The summed E-state index contributed by atoms with van der Waals surface area (Å²) >= 11 is 0. The first-order valence-corrected chi connectivity index (χ1v) is 10.0. The van der Waals surface area contributed by atoms with Crippen LogP contribution in [0.3, 0.4) is 0 Å². The van der Waals surface area contributed by atoms with Gasteiger partial charge in [0.1, 0.15) is 6.04 Å². The molecule has 3 aromatic rings.